The zero-order valence-corrected chi connectivity index (χ0v) is 16.1. The fourth-order valence-corrected chi connectivity index (χ4v) is 4.45. The van der Waals surface area contributed by atoms with Crippen LogP contribution in [0.15, 0.2) is 45.9 Å². The minimum Gasteiger partial charge on any atom is -0.469 e. The van der Waals surface area contributed by atoms with E-state index in [0.29, 0.717) is 5.78 Å². The van der Waals surface area contributed by atoms with E-state index in [2.05, 4.69) is 38.1 Å². The van der Waals surface area contributed by atoms with Crippen LogP contribution in [0.5, 0.6) is 0 Å². The zero-order valence-electron chi connectivity index (χ0n) is 16.1. The lowest BCUT2D eigenvalue weighted by Gasteiger charge is -2.26. The Hall–Kier alpha value is -3.29. The van der Waals surface area contributed by atoms with Crippen LogP contribution in [0.25, 0.3) is 5.78 Å². The minimum absolute atomic E-state index is 0.630. The molecule has 8 nitrogen and oxygen atoms in total. The van der Waals surface area contributed by atoms with Crippen LogP contribution in [0.2, 0.25) is 0 Å². The molecular weight excluding hydrogens is 368 g/mol. The van der Waals surface area contributed by atoms with Crippen molar-refractivity contribution in [2.24, 2.45) is 0 Å². The zero-order chi connectivity index (χ0) is 19.2. The van der Waals surface area contributed by atoms with Crippen molar-refractivity contribution in [3.05, 3.63) is 59.7 Å². The molecule has 0 atom stereocenters. The quantitative estimate of drug-likeness (QED) is 0.520. The molecule has 0 N–H and O–H groups in total. The van der Waals surface area contributed by atoms with E-state index in [1.54, 1.807) is 18.9 Å². The largest absolute Gasteiger partial charge is 0.469 e. The van der Waals surface area contributed by atoms with Crippen LogP contribution in [0.1, 0.15) is 35.5 Å². The van der Waals surface area contributed by atoms with Crippen molar-refractivity contribution in [1.29, 1.82) is 0 Å². The molecule has 6 heterocycles. The van der Waals surface area contributed by atoms with Gasteiger partial charge < -0.3 is 18.6 Å². The van der Waals surface area contributed by atoms with E-state index in [1.807, 2.05) is 4.52 Å². The Morgan fingerprint density at radius 3 is 2.31 bits per heavy atom. The standard InChI is InChI=1S/C21H22N6O2/c1-3-17-15(5-9-28-17)12-25(7-1)19-11-20(27-21(24-19)22-14-23-27)26-8-2-4-18-16(13-26)6-10-29-18/h5-6,9-11,14H,1-4,7-8,12-13H2. The molecule has 2 aliphatic rings. The van der Waals surface area contributed by atoms with Gasteiger partial charge in [0.25, 0.3) is 5.78 Å². The van der Waals surface area contributed by atoms with E-state index in [4.69, 9.17) is 13.8 Å². The van der Waals surface area contributed by atoms with Crippen molar-refractivity contribution in [1.82, 2.24) is 19.6 Å². The minimum atomic E-state index is 0.630. The molecule has 0 bridgehead atoms. The molecule has 0 radical (unpaired) electrons. The number of aryl methyl sites for hydroxylation is 2. The van der Waals surface area contributed by atoms with E-state index < -0.39 is 0 Å². The van der Waals surface area contributed by atoms with Crippen molar-refractivity contribution in [2.45, 2.75) is 38.8 Å². The second-order valence-electron chi connectivity index (χ2n) is 7.73. The molecule has 4 aromatic heterocycles. The van der Waals surface area contributed by atoms with Crippen LogP contribution >= 0.6 is 0 Å². The second-order valence-corrected chi connectivity index (χ2v) is 7.73. The van der Waals surface area contributed by atoms with Crippen molar-refractivity contribution in [2.75, 3.05) is 22.9 Å². The molecule has 29 heavy (non-hydrogen) atoms. The lowest BCUT2D eigenvalue weighted by molar-refractivity contribution is 0.504. The summed E-state index contributed by atoms with van der Waals surface area (Å²) >= 11 is 0. The van der Waals surface area contributed by atoms with Crippen LogP contribution in [-0.2, 0) is 25.9 Å². The summed E-state index contributed by atoms with van der Waals surface area (Å²) in [5.41, 5.74) is 2.48. The maximum Gasteiger partial charge on any atom is 0.256 e. The smallest absolute Gasteiger partial charge is 0.256 e. The van der Waals surface area contributed by atoms with Gasteiger partial charge >= 0.3 is 0 Å². The third-order valence-corrected chi connectivity index (χ3v) is 5.93. The van der Waals surface area contributed by atoms with Gasteiger partial charge in [-0.2, -0.15) is 19.6 Å². The monoisotopic (exact) mass is 390 g/mol. The van der Waals surface area contributed by atoms with Gasteiger partial charge in [0.05, 0.1) is 12.5 Å². The van der Waals surface area contributed by atoms with E-state index in [-0.39, 0.29) is 0 Å². The Morgan fingerprint density at radius 1 is 0.862 bits per heavy atom. The van der Waals surface area contributed by atoms with Crippen LogP contribution < -0.4 is 9.80 Å². The molecule has 0 saturated carbocycles. The summed E-state index contributed by atoms with van der Waals surface area (Å²) in [5.74, 6) is 4.78. The lowest BCUT2D eigenvalue weighted by atomic mass is 10.2. The first-order valence-electron chi connectivity index (χ1n) is 10.2. The van der Waals surface area contributed by atoms with Gasteiger partial charge in [-0.05, 0) is 25.0 Å². The van der Waals surface area contributed by atoms with Crippen LogP contribution in [-0.4, -0.2) is 32.7 Å². The number of rotatable bonds is 2. The number of nitrogens with zero attached hydrogens (tertiary/aromatic N) is 6. The molecule has 0 spiro atoms. The van der Waals surface area contributed by atoms with E-state index in [0.717, 1.165) is 75.0 Å². The molecule has 0 amide bonds. The van der Waals surface area contributed by atoms with Gasteiger partial charge in [-0.3, -0.25) is 0 Å². The summed E-state index contributed by atoms with van der Waals surface area (Å²) in [6.45, 7) is 3.48. The van der Waals surface area contributed by atoms with Gasteiger partial charge in [0.2, 0.25) is 0 Å². The number of fused-ring (bicyclic) bond motifs is 3. The fourth-order valence-electron chi connectivity index (χ4n) is 4.45. The number of anilines is 2. The predicted octanol–water partition coefficient (Wildman–Crippen LogP) is 3.22. The molecule has 0 fully saturated rings. The van der Waals surface area contributed by atoms with E-state index in [1.165, 1.54) is 11.1 Å². The third kappa shape index (κ3) is 2.86. The molecule has 8 heteroatoms. The highest BCUT2D eigenvalue weighted by Crippen LogP contribution is 2.29. The average molecular weight is 390 g/mol. The highest BCUT2D eigenvalue weighted by Gasteiger charge is 2.23. The Labute approximate surface area is 167 Å². The SMILES string of the molecule is c1nc2nc(N3CCCc4occc4C3)cc(N3CCCc4occc4C3)n2n1. The average Bonchev–Trinajstić information content (AvgIpc) is 3.43. The molecule has 6 rings (SSSR count). The first-order chi connectivity index (χ1) is 14.3. The molecule has 4 aromatic rings. The van der Waals surface area contributed by atoms with Gasteiger partial charge in [-0.25, -0.2) is 0 Å². The Morgan fingerprint density at radius 2 is 1.55 bits per heavy atom. The summed E-state index contributed by atoms with van der Waals surface area (Å²) in [6.07, 6.45) is 9.16. The normalized spacial score (nSPS) is 17.1. The van der Waals surface area contributed by atoms with Gasteiger partial charge in [0, 0.05) is 56.2 Å². The molecule has 148 valence electrons. The van der Waals surface area contributed by atoms with Crippen molar-refractivity contribution < 1.29 is 8.83 Å². The van der Waals surface area contributed by atoms with Gasteiger partial charge in [0.15, 0.2) is 0 Å². The number of aromatic nitrogens is 4. The molecule has 2 aliphatic heterocycles. The summed E-state index contributed by atoms with van der Waals surface area (Å²) < 4.78 is 13.1. The summed E-state index contributed by atoms with van der Waals surface area (Å²) in [5, 5.41) is 4.44. The molecule has 0 saturated heterocycles. The highest BCUT2D eigenvalue weighted by atomic mass is 16.3. The highest BCUT2D eigenvalue weighted by molar-refractivity contribution is 5.57. The van der Waals surface area contributed by atoms with E-state index >= 15 is 0 Å². The molecule has 0 aromatic carbocycles. The van der Waals surface area contributed by atoms with Crippen LogP contribution in [0.4, 0.5) is 11.6 Å². The number of hydrogen-bond donors (Lipinski definition) is 0. The molecular formula is C21H22N6O2. The topological polar surface area (TPSA) is 75.8 Å². The van der Waals surface area contributed by atoms with Crippen molar-refractivity contribution in [3.63, 3.8) is 0 Å². The van der Waals surface area contributed by atoms with E-state index in [9.17, 15) is 0 Å². The summed E-state index contributed by atoms with van der Waals surface area (Å²) in [4.78, 5) is 13.9. The van der Waals surface area contributed by atoms with Gasteiger partial charge in [-0.15, -0.1) is 0 Å². The van der Waals surface area contributed by atoms with Crippen molar-refractivity contribution >= 4 is 17.4 Å². The maximum atomic E-state index is 5.66. The first kappa shape index (κ1) is 16.6. The Kier molecular flexibility index (Phi) is 3.82. The van der Waals surface area contributed by atoms with Crippen LogP contribution in [0, 0.1) is 0 Å². The maximum absolute atomic E-state index is 5.66. The summed E-state index contributed by atoms with van der Waals surface area (Å²) in [7, 11) is 0. The second kappa shape index (κ2) is 6.65. The molecule has 0 aliphatic carbocycles. The Bertz CT molecular complexity index is 1160. The Balaban J connectivity index is 1.41. The third-order valence-electron chi connectivity index (χ3n) is 5.93. The molecule has 0 unspecified atom stereocenters. The number of furan rings is 2. The fraction of sp³-hybridized carbons (Fsp3) is 0.381. The summed E-state index contributed by atoms with van der Waals surface area (Å²) in [6, 6.07) is 6.29. The first-order valence-corrected chi connectivity index (χ1v) is 10.2. The van der Waals surface area contributed by atoms with Gasteiger partial charge in [-0.1, -0.05) is 0 Å². The van der Waals surface area contributed by atoms with Crippen molar-refractivity contribution in [3.8, 4) is 0 Å². The predicted molar refractivity (Wildman–Crippen MR) is 107 cm³/mol. The number of hydrogen-bond acceptors (Lipinski definition) is 7. The van der Waals surface area contributed by atoms with Crippen LogP contribution in [0.3, 0.4) is 0 Å². The lowest BCUT2D eigenvalue weighted by Crippen LogP contribution is -2.28. The van der Waals surface area contributed by atoms with Gasteiger partial charge in [0.1, 0.15) is 29.5 Å².